The van der Waals surface area contributed by atoms with Crippen LogP contribution in [0.4, 0.5) is 0 Å². The van der Waals surface area contributed by atoms with Crippen LogP contribution < -0.4 is 5.32 Å². The van der Waals surface area contributed by atoms with Gasteiger partial charge >= 0.3 is 0 Å². The van der Waals surface area contributed by atoms with Crippen LogP contribution in [-0.2, 0) is 0 Å². The van der Waals surface area contributed by atoms with Crippen molar-refractivity contribution < 1.29 is 0 Å². The number of hydrogen-bond acceptors (Lipinski definition) is 2. The van der Waals surface area contributed by atoms with Crippen molar-refractivity contribution in [1.29, 1.82) is 5.26 Å². The second-order valence-electron chi connectivity index (χ2n) is 4.72. The summed E-state index contributed by atoms with van der Waals surface area (Å²) >= 11 is 3.49. The van der Waals surface area contributed by atoms with E-state index in [0.717, 1.165) is 17.3 Å². The molecule has 3 heteroatoms. The number of nitrogens with one attached hydrogen (secondary N) is 1. The van der Waals surface area contributed by atoms with Gasteiger partial charge in [-0.3, -0.25) is 0 Å². The third-order valence-corrected chi connectivity index (χ3v) is 3.99. The summed E-state index contributed by atoms with van der Waals surface area (Å²) in [6, 6.07) is 11.4. The average molecular weight is 293 g/mol. The maximum atomic E-state index is 9.07. The van der Waals surface area contributed by atoms with E-state index >= 15 is 0 Å². The average Bonchev–Trinajstić information content (AvgIpc) is 2.76. The van der Waals surface area contributed by atoms with Crippen LogP contribution in [0.1, 0.15) is 37.8 Å². The summed E-state index contributed by atoms with van der Waals surface area (Å²) in [6.07, 6.45) is 3.33. The minimum Gasteiger partial charge on any atom is -0.306 e. The Kier molecular flexibility index (Phi) is 4.20. The lowest BCUT2D eigenvalue weighted by atomic mass is 10.0. The Labute approximate surface area is 111 Å². The predicted octanol–water partition coefficient (Wildman–Crippen LogP) is 3.79. The van der Waals surface area contributed by atoms with Gasteiger partial charge in [-0.05, 0) is 37.5 Å². The molecule has 1 N–H and O–H groups in total. The molecule has 1 aliphatic rings. The molecule has 2 nitrogen and oxygen atoms in total. The Morgan fingerprint density at radius 3 is 3.00 bits per heavy atom. The maximum absolute atomic E-state index is 9.07. The van der Waals surface area contributed by atoms with Crippen molar-refractivity contribution in [3.8, 4) is 6.07 Å². The third kappa shape index (κ3) is 3.08. The van der Waals surface area contributed by atoms with Crippen molar-refractivity contribution in [2.24, 2.45) is 5.92 Å². The molecule has 0 aliphatic heterocycles. The summed E-state index contributed by atoms with van der Waals surface area (Å²) in [5, 5.41) is 12.6. The zero-order chi connectivity index (χ0) is 12.3. The molecule has 0 radical (unpaired) electrons. The first-order chi connectivity index (χ1) is 8.20. The van der Waals surface area contributed by atoms with E-state index in [9.17, 15) is 0 Å². The molecule has 0 aromatic heterocycles. The largest absolute Gasteiger partial charge is 0.306 e. The van der Waals surface area contributed by atoms with Gasteiger partial charge in [0.05, 0.1) is 12.0 Å². The first-order valence-electron chi connectivity index (χ1n) is 6.12. The number of nitrogens with zero attached hydrogens (tertiary/aromatic N) is 1. The Morgan fingerprint density at radius 2 is 2.29 bits per heavy atom. The van der Waals surface area contributed by atoms with E-state index in [4.69, 9.17) is 5.26 Å². The predicted molar refractivity (Wildman–Crippen MR) is 72.4 cm³/mol. The SMILES string of the molecule is CC(NC1CCCC1C#N)c1cccc(Br)c1. The van der Waals surface area contributed by atoms with Crippen LogP contribution in [0.3, 0.4) is 0 Å². The zero-order valence-electron chi connectivity index (χ0n) is 9.99. The number of rotatable bonds is 3. The monoisotopic (exact) mass is 292 g/mol. The summed E-state index contributed by atoms with van der Waals surface area (Å²) in [4.78, 5) is 0. The summed E-state index contributed by atoms with van der Waals surface area (Å²) in [7, 11) is 0. The molecule has 1 aliphatic carbocycles. The molecule has 0 spiro atoms. The molecule has 1 saturated carbocycles. The van der Waals surface area contributed by atoms with Crippen molar-refractivity contribution >= 4 is 15.9 Å². The van der Waals surface area contributed by atoms with Gasteiger partial charge in [0.1, 0.15) is 0 Å². The van der Waals surface area contributed by atoms with Crippen molar-refractivity contribution in [1.82, 2.24) is 5.32 Å². The fraction of sp³-hybridized carbons (Fsp3) is 0.500. The Morgan fingerprint density at radius 1 is 1.47 bits per heavy atom. The van der Waals surface area contributed by atoms with E-state index in [1.54, 1.807) is 0 Å². The van der Waals surface area contributed by atoms with Crippen molar-refractivity contribution in [2.75, 3.05) is 0 Å². The lowest BCUT2D eigenvalue weighted by Crippen LogP contribution is -2.33. The maximum Gasteiger partial charge on any atom is 0.0672 e. The molecular weight excluding hydrogens is 276 g/mol. The van der Waals surface area contributed by atoms with Crippen LogP contribution in [0.25, 0.3) is 0 Å². The number of halogens is 1. The molecule has 1 aromatic rings. The van der Waals surface area contributed by atoms with E-state index in [1.807, 2.05) is 12.1 Å². The normalized spacial score (nSPS) is 25.5. The molecular formula is C14H17BrN2. The van der Waals surface area contributed by atoms with Crippen LogP contribution in [0.2, 0.25) is 0 Å². The molecule has 3 atom stereocenters. The quantitative estimate of drug-likeness (QED) is 0.920. The minimum atomic E-state index is 0.185. The fourth-order valence-electron chi connectivity index (χ4n) is 2.51. The highest BCUT2D eigenvalue weighted by Gasteiger charge is 2.28. The molecule has 2 rings (SSSR count). The van der Waals surface area contributed by atoms with Gasteiger partial charge < -0.3 is 5.32 Å². The van der Waals surface area contributed by atoms with Gasteiger partial charge in [0.15, 0.2) is 0 Å². The van der Waals surface area contributed by atoms with E-state index in [2.05, 4.69) is 46.4 Å². The Bertz CT molecular complexity index is 424. The molecule has 0 heterocycles. The van der Waals surface area contributed by atoms with Gasteiger partial charge in [-0.1, -0.05) is 34.5 Å². The highest BCUT2D eigenvalue weighted by atomic mass is 79.9. The molecule has 90 valence electrons. The molecule has 3 unspecified atom stereocenters. The number of nitriles is 1. The molecule has 1 fully saturated rings. The third-order valence-electron chi connectivity index (χ3n) is 3.49. The summed E-state index contributed by atoms with van der Waals surface area (Å²) in [5.74, 6) is 0.185. The van der Waals surface area contributed by atoms with E-state index in [-0.39, 0.29) is 5.92 Å². The standard InChI is InChI=1S/C14H17BrN2/c1-10(11-4-2-6-13(15)8-11)17-14-7-3-5-12(14)9-16/h2,4,6,8,10,12,14,17H,3,5,7H2,1H3. The zero-order valence-corrected chi connectivity index (χ0v) is 11.6. The van der Waals surface area contributed by atoms with Crippen LogP contribution >= 0.6 is 15.9 Å². The topological polar surface area (TPSA) is 35.8 Å². The summed E-state index contributed by atoms with van der Waals surface area (Å²) in [5.41, 5.74) is 1.27. The van der Waals surface area contributed by atoms with Gasteiger partial charge in [0.25, 0.3) is 0 Å². The van der Waals surface area contributed by atoms with Gasteiger partial charge in [-0.25, -0.2) is 0 Å². The molecule has 0 saturated heterocycles. The van der Waals surface area contributed by atoms with Crippen molar-refractivity contribution in [3.05, 3.63) is 34.3 Å². The number of hydrogen-bond donors (Lipinski definition) is 1. The minimum absolute atomic E-state index is 0.185. The highest BCUT2D eigenvalue weighted by Crippen LogP contribution is 2.27. The van der Waals surface area contributed by atoms with Crippen LogP contribution in [-0.4, -0.2) is 6.04 Å². The molecule has 17 heavy (non-hydrogen) atoms. The first-order valence-corrected chi connectivity index (χ1v) is 6.91. The Balaban J connectivity index is 2.02. The van der Waals surface area contributed by atoms with Gasteiger partial charge in [0, 0.05) is 16.6 Å². The first kappa shape index (κ1) is 12.6. The lowest BCUT2D eigenvalue weighted by Gasteiger charge is -2.22. The van der Waals surface area contributed by atoms with Gasteiger partial charge in [-0.15, -0.1) is 0 Å². The van der Waals surface area contributed by atoms with E-state index in [1.165, 1.54) is 12.0 Å². The van der Waals surface area contributed by atoms with Crippen molar-refractivity contribution in [2.45, 2.75) is 38.3 Å². The van der Waals surface area contributed by atoms with E-state index < -0.39 is 0 Å². The molecule has 0 amide bonds. The second kappa shape index (κ2) is 5.66. The summed E-state index contributed by atoms with van der Waals surface area (Å²) < 4.78 is 1.10. The van der Waals surface area contributed by atoms with Gasteiger partial charge in [-0.2, -0.15) is 5.26 Å². The Hall–Kier alpha value is -0.850. The fourth-order valence-corrected chi connectivity index (χ4v) is 2.92. The van der Waals surface area contributed by atoms with Crippen LogP contribution in [0.15, 0.2) is 28.7 Å². The number of benzene rings is 1. The van der Waals surface area contributed by atoms with E-state index in [0.29, 0.717) is 12.1 Å². The highest BCUT2D eigenvalue weighted by molar-refractivity contribution is 9.10. The summed E-state index contributed by atoms with van der Waals surface area (Å²) in [6.45, 7) is 2.16. The van der Waals surface area contributed by atoms with Crippen LogP contribution in [0.5, 0.6) is 0 Å². The van der Waals surface area contributed by atoms with Crippen LogP contribution in [0, 0.1) is 17.2 Å². The lowest BCUT2D eigenvalue weighted by molar-refractivity contribution is 0.417. The second-order valence-corrected chi connectivity index (χ2v) is 5.63. The molecule has 1 aromatic carbocycles. The smallest absolute Gasteiger partial charge is 0.0672 e. The van der Waals surface area contributed by atoms with Crippen molar-refractivity contribution in [3.63, 3.8) is 0 Å². The molecule has 0 bridgehead atoms. The van der Waals surface area contributed by atoms with Gasteiger partial charge in [0.2, 0.25) is 0 Å².